The molecule has 2 aliphatic rings. The van der Waals surface area contributed by atoms with E-state index in [1.165, 1.54) is 12.8 Å². The molecular weight excluding hydrogens is 290 g/mol. The number of morpholine rings is 1. The zero-order valence-corrected chi connectivity index (χ0v) is 14.1. The first-order valence-corrected chi connectivity index (χ1v) is 8.06. The normalized spacial score (nSPS) is 21.5. The molecule has 0 aromatic heterocycles. The Morgan fingerprint density at radius 3 is 2.38 bits per heavy atom. The standard InChI is InChI=1S/C15H29N3O2.ClH/c1-3-12(4-2)14(18-5-7-20-8-6-18)11-17-15(19)13-9-16-10-13;/h12-14,16H,3-11H2,1-2H3,(H,17,19);1H. The van der Waals surface area contributed by atoms with Gasteiger partial charge in [-0.2, -0.15) is 0 Å². The Balaban J connectivity index is 0.00000220. The first-order chi connectivity index (χ1) is 9.76. The van der Waals surface area contributed by atoms with Crippen LogP contribution in [-0.2, 0) is 9.53 Å². The molecule has 2 saturated heterocycles. The van der Waals surface area contributed by atoms with E-state index in [2.05, 4.69) is 29.4 Å². The van der Waals surface area contributed by atoms with Crippen LogP contribution >= 0.6 is 12.4 Å². The van der Waals surface area contributed by atoms with Crippen LogP contribution in [0.4, 0.5) is 0 Å². The topological polar surface area (TPSA) is 53.6 Å². The molecule has 0 saturated carbocycles. The van der Waals surface area contributed by atoms with Gasteiger partial charge in [-0.3, -0.25) is 9.69 Å². The predicted molar refractivity (Wildman–Crippen MR) is 86.9 cm³/mol. The predicted octanol–water partition coefficient (Wildman–Crippen LogP) is 0.881. The van der Waals surface area contributed by atoms with Gasteiger partial charge in [0.2, 0.25) is 5.91 Å². The largest absolute Gasteiger partial charge is 0.379 e. The average molecular weight is 320 g/mol. The SMILES string of the molecule is CCC(CC)C(CNC(=O)C1CNC1)N1CCOCC1.Cl. The summed E-state index contributed by atoms with van der Waals surface area (Å²) in [7, 11) is 0. The number of nitrogens with zero attached hydrogens (tertiary/aromatic N) is 1. The van der Waals surface area contributed by atoms with Crippen LogP contribution in [0.1, 0.15) is 26.7 Å². The first kappa shape index (κ1) is 18.7. The molecule has 1 amide bonds. The second kappa shape index (κ2) is 9.62. The maximum absolute atomic E-state index is 12.0. The van der Waals surface area contributed by atoms with E-state index >= 15 is 0 Å². The summed E-state index contributed by atoms with van der Waals surface area (Å²) in [6, 6.07) is 0.450. The third-order valence-electron chi connectivity index (χ3n) is 4.75. The molecule has 124 valence electrons. The van der Waals surface area contributed by atoms with Crippen molar-refractivity contribution in [2.45, 2.75) is 32.7 Å². The number of ether oxygens (including phenoxy) is 1. The minimum Gasteiger partial charge on any atom is -0.379 e. The molecule has 1 unspecified atom stereocenters. The van der Waals surface area contributed by atoms with Crippen molar-refractivity contribution in [3.63, 3.8) is 0 Å². The van der Waals surface area contributed by atoms with Crippen molar-refractivity contribution in [1.82, 2.24) is 15.5 Å². The van der Waals surface area contributed by atoms with Crippen LogP contribution in [0.15, 0.2) is 0 Å². The van der Waals surface area contributed by atoms with Crippen LogP contribution in [0, 0.1) is 11.8 Å². The van der Waals surface area contributed by atoms with Crippen LogP contribution in [0.3, 0.4) is 0 Å². The van der Waals surface area contributed by atoms with Crippen molar-refractivity contribution in [1.29, 1.82) is 0 Å². The van der Waals surface area contributed by atoms with E-state index in [1.54, 1.807) is 0 Å². The summed E-state index contributed by atoms with van der Waals surface area (Å²) in [4.78, 5) is 14.5. The van der Waals surface area contributed by atoms with Gasteiger partial charge in [0.25, 0.3) is 0 Å². The van der Waals surface area contributed by atoms with Gasteiger partial charge in [0, 0.05) is 38.8 Å². The monoisotopic (exact) mass is 319 g/mol. The van der Waals surface area contributed by atoms with Crippen molar-refractivity contribution < 1.29 is 9.53 Å². The Morgan fingerprint density at radius 1 is 1.29 bits per heavy atom. The molecule has 2 aliphatic heterocycles. The Hall–Kier alpha value is -0.360. The fourth-order valence-electron chi connectivity index (χ4n) is 3.16. The molecule has 0 aromatic carbocycles. The molecule has 2 N–H and O–H groups in total. The summed E-state index contributed by atoms with van der Waals surface area (Å²) in [6.07, 6.45) is 2.33. The van der Waals surface area contributed by atoms with E-state index in [-0.39, 0.29) is 24.2 Å². The summed E-state index contributed by atoms with van der Waals surface area (Å²) >= 11 is 0. The lowest BCUT2D eigenvalue weighted by Gasteiger charge is -2.39. The van der Waals surface area contributed by atoms with Crippen molar-refractivity contribution in [3.8, 4) is 0 Å². The number of amides is 1. The highest BCUT2D eigenvalue weighted by Gasteiger charge is 2.29. The van der Waals surface area contributed by atoms with Crippen LogP contribution in [0.25, 0.3) is 0 Å². The van der Waals surface area contributed by atoms with Gasteiger partial charge in [-0.1, -0.05) is 26.7 Å². The molecular formula is C15H30ClN3O2. The minimum atomic E-state index is 0. The number of carbonyl (C=O) groups is 1. The van der Waals surface area contributed by atoms with E-state index in [1.807, 2.05) is 0 Å². The van der Waals surface area contributed by atoms with E-state index in [0.29, 0.717) is 12.0 Å². The van der Waals surface area contributed by atoms with Crippen molar-refractivity contribution in [2.24, 2.45) is 11.8 Å². The summed E-state index contributed by atoms with van der Waals surface area (Å²) in [6.45, 7) is 10.6. The number of halogens is 1. The molecule has 0 spiro atoms. The molecule has 2 rings (SSSR count). The molecule has 2 fully saturated rings. The zero-order valence-electron chi connectivity index (χ0n) is 13.3. The lowest BCUT2D eigenvalue weighted by molar-refractivity contribution is -0.126. The molecule has 0 bridgehead atoms. The smallest absolute Gasteiger partial charge is 0.225 e. The van der Waals surface area contributed by atoms with Gasteiger partial charge >= 0.3 is 0 Å². The lowest BCUT2D eigenvalue weighted by atomic mass is 9.92. The fourth-order valence-corrected chi connectivity index (χ4v) is 3.16. The third kappa shape index (κ3) is 5.09. The molecule has 1 atom stereocenters. The molecule has 0 radical (unpaired) electrons. The Bertz CT molecular complexity index is 303. The van der Waals surface area contributed by atoms with Gasteiger partial charge in [0.1, 0.15) is 0 Å². The van der Waals surface area contributed by atoms with Gasteiger partial charge < -0.3 is 15.4 Å². The first-order valence-electron chi connectivity index (χ1n) is 8.06. The van der Waals surface area contributed by atoms with Crippen LogP contribution in [0.2, 0.25) is 0 Å². The molecule has 6 heteroatoms. The lowest BCUT2D eigenvalue weighted by Crippen LogP contribution is -2.55. The third-order valence-corrected chi connectivity index (χ3v) is 4.75. The van der Waals surface area contributed by atoms with E-state index < -0.39 is 0 Å². The number of hydrogen-bond acceptors (Lipinski definition) is 4. The number of nitrogens with one attached hydrogen (secondary N) is 2. The summed E-state index contributed by atoms with van der Waals surface area (Å²) < 4.78 is 5.45. The van der Waals surface area contributed by atoms with Crippen LogP contribution in [0.5, 0.6) is 0 Å². The van der Waals surface area contributed by atoms with E-state index in [9.17, 15) is 4.79 Å². The molecule has 0 aromatic rings. The summed E-state index contributed by atoms with van der Waals surface area (Å²) in [5.74, 6) is 1.04. The maximum atomic E-state index is 12.0. The summed E-state index contributed by atoms with van der Waals surface area (Å²) in [5, 5.41) is 6.32. The van der Waals surface area contributed by atoms with Crippen LogP contribution in [-0.4, -0.2) is 62.8 Å². The molecule has 21 heavy (non-hydrogen) atoms. The second-order valence-electron chi connectivity index (χ2n) is 5.89. The highest BCUT2D eigenvalue weighted by molar-refractivity contribution is 5.85. The molecule has 2 heterocycles. The van der Waals surface area contributed by atoms with E-state index in [4.69, 9.17) is 4.74 Å². The Kier molecular flexibility index (Phi) is 8.56. The van der Waals surface area contributed by atoms with Crippen LogP contribution < -0.4 is 10.6 Å². The second-order valence-corrected chi connectivity index (χ2v) is 5.89. The number of hydrogen-bond donors (Lipinski definition) is 2. The average Bonchev–Trinajstić information content (AvgIpc) is 2.42. The van der Waals surface area contributed by atoms with Crippen molar-refractivity contribution >= 4 is 18.3 Å². The van der Waals surface area contributed by atoms with Gasteiger partial charge in [-0.05, 0) is 5.92 Å². The van der Waals surface area contributed by atoms with Gasteiger partial charge in [0.05, 0.1) is 19.1 Å². The highest BCUT2D eigenvalue weighted by atomic mass is 35.5. The van der Waals surface area contributed by atoms with E-state index in [0.717, 1.165) is 45.9 Å². The maximum Gasteiger partial charge on any atom is 0.225 e. The zero-order chi connectivity index (χ0) is 14.4. The van der Waals surface area contributed by atoms with Gasteiger partial charge in [-0.15, -0.1) is 12.4 Å². The number of rotatable bonds is 7. The quantitative estimate of drug-likeness (QED) is 0.731. The van der Waals surface area contributed by atoms with Crippen molar-refractivity contribution in [3.05, 3.63) is 0 Å². The van der Waals surface area contributed by atoms with Crippen molar-refractivity contribution in [2.75, 3.05) is 45.9 Å². The summed E-state index contributed by atoms with van der Waals surface area (Å²) in [5.41, 5.74) is 0. The molecule has 5 nitrogen and oxygen atoms in total. The molecule has 0 aliphatic carbocycles. The number of carbonyl (C=O) groups excluding carboxylic acids is 1. The minimum absolute atomic E-state index is 0. The van der Waals surface area contributed by atoms with Gasteiger partial charge in [0.15, 0.2) is 0 Å². The Labute approximate surface area is 134 Å². The fraction of sp³-hybridized carbons (Fsp3) is 0.933. The van der Waals surface area contributed by atoms with Gasteiger partial charge in [-0.25, -0.2) is 0 Å². The highest BCUT2D eigenvalue weighted by Crippen LogP contribution is 2.19. The Morgan fingerprint density at radius 2 is 1.90 bits per heavy atom.